The van der Waals surface area contributed by atoms with Crippen LogP contribution in [-0.4, -0.2) is 50.0 Å². The lowest BCUT2D eigenvalue weighted by Crippen LogP contribution is -2.39. The largest absolute Gasteiger partial charge is 0.493 e. The molecule has 6 nitrogen and oxygen atoms in total. The molecule has 30 heavy (non-hydrogen) atoms. The lowest BCUT2D eigenvalue weighted by Gasteiger charge is -2.30. The van der Waals surface area contributed by atoms with Crippen LogP contribution >= 0.6 is 11.6 Å². The smallest absolute Gasteiger partial charge is 0.169 e. The van der Waals surface area contributed by atoms with Crippen LogP contribution in [0.25, 0.3) is 6.08 Å². The van der Waals surface area contributed by atoms with Crippen LogP contribution in [0.15, 0.2) is 53.4 Å². The molecule has 0 aliphatic carbocycles. The second-order valence-corrected chi connectivity index (χ2v) is 7.42. The Kier molecular flexibility index (Phi) is 8.20. The average Bonchev–Trinajstić information content (AvgIpc) is 2.77. The summed E-state index contributed by atoms with van der Waals surface area (Å²) in [6, 6.07) is 13.9. The molecule has 0 spiro atoms. The third kappa shape index (κ3) is 6.26. The third-order valence-electron chi connectivity index (χ3n) is 4.89. The Bertz CT molecular complexity index is 912. The number of hydrogen-bond acceptors (Lipinski definition) is 6. The molecular weight excluding hydrogens is 404 g/mol. The van der Waals surface area contributed by atoms with Crippen molar-refractivity contribution in [3.05, 3.63) is 70.0 Å². The monoisotopic (exact) mass is 430 g/mol. The van der Waals surface area contributed by atoms with E-state index in [-0.39, 0.29) is 11.8 Å². The Labute approximate surface area is 182 Å². The number of nitrogens with one attached hydrogen (secondary N) is 1. The number of halogens is 1. The van der Waals surface area contributed by atoms with E-state index in [9.17, 15) is 5.11 Å². The van der Waals surface area contributed by atoms with Gasteiger partial charge in [-0.3, -0.25) is 9.74 Å². The van der Waals surface area contributed by atoms with Crippen LogP contribution in [0.3, 0.4) is 0 Å². The molecule has 0 amide bonds. The van der Waals surface area contributed by atoms with Gasteiger partial charge in [0.25, 0.3) is 0 Å². The minimum absolute atomic E-state index is 0.117. The van der Waals surface area contributed by atoms with Gasteiger partial charge < -0.3 is 14.6 Å². The summed E-state index contributed by atoms with van der Waals surface area (Å²) < 4.78 is 10.5. The quantitative estimate of drug-likeness (QED) is 0.361. The van der Waals surface area contributed by atoms with E-state index >= 15 is 0 Å². The topological polar surface area (TPSA) is 63.2 Å². The molecule has 1 atom stereocenters. The maximum Gasteiger partial charge on any atom is 0.169 e. The highest BCUT2D eigenvalue weighted by Gasteiger charge is 2.18. The van der Waals surface area contributed by atoms with E-state index in [0.29, 0.717) is 18.0 Å². The molecule has 2 aromatic carbocycles. The van der Waals surface area contributed by atoms with Crippen LogP contribution < -0.4 is 15.0 Å². The number of hydrogen-bond donors (Lipinski definition) is 2. The maximum atomic E-state index is 10.3. The van der Waals surface area contributed by atoms with Crippen molar-refractivity contribution in [1.29, 1.82) is 0 Å². The molecule has 0 saturated carbocycles. The van der Waals surface area contributed by atoms with Crippen LogP contribution in [0.4, 0.5) is 0 Å². The van der Waals surface area contributed by atoms with Gasteiger partial charge in [-0.1, -0.05) is 47.7 Å². The van der Waals surface area contributed by atoms with Gasteiger partial charge in [0.1, 0.15) is 6.61 Å². The normalized spacial score (nSPS) is 14.3. The van der Waals surface area contributed by atoms with Crippen molar-refractivity contribution in [2.24, 2.45) is 0 Å². The molecule has 0 radical (unpaired) electrons. The van der Waals surface area contributed by atoms with Gasteiger partial charge in [-0.25, -0.2) is 5.48 Å². The fourth-order valence-corrected chi connectivity index (χ4v) is 3.49. The Morgan fingerprint density at radius 3 is 2.73 bits per heavy atom. The number of fused-ring (bicyclic) bond motifs is 1. The Hall–Kier alpha value is -2.47. The molecule has 1 unspecified atom stereocenters. The number of ether oxygens (including phenoxy) is 2. The predicted octanol–water partition coefficient (Wildman–Crippen LogP) is 3.34. The molecule has 0 bridgehead atoms. The lowest BCUT2D eigenvalue weighted by molar-refractivity contribution is -0.0173. The van der Waals surface area contributed by atoms with Crippen molar-refractivity contribution in [1.82, 2.24) is 10.4 Å². The number of methoxy groups -OCH3 is 2. The van der Waals surface area contributed by atoms with Gasteiger partial charge in [0, 0.05) is 19.6 Å². The number of hydroxylamine groups is 1. The van der Waals surface area contributed by atoms with E-state index in [2.05, 4.69) is 40.4 Å². The molecule has 1 aliphatic heterocycles. The van der Waals surface area contributed by atoms with E-state index in [0.717, 1.165) is 25.1 Å². The molecule has 160 valence electrons. The Morgan fingerprint density at radius 2 is 1.97 bits per heavy atom. The molecule has 1 aliphatic rings. The standard InChI is InChI=1S/C23H27ClN2O4/c1-28-21-9-7-17(13-22(21)29-2)8-10-23(24)25-30-16-20(27)15-26-12-11-18-5-3-4-6-19(18)14-26/h3-9,13,20,25,27H,11-12,14-16H2,1-2H3. The molecule has 2 aromatic rings. The summed E-state index contributed by atoms with van der Waals surface area (Å²) in [6.07, 6.45) is 2.07. The predicted molar refractivity (Wildman–Crippen MR) is 117 cm³/mol. The molecule has 0 aromatic heterocycles. The highest BCUT2D eigenvalue weighted by molar-refractivity contribution is 6.29. The van der Waals surface area contributed by atoms with Crippen molar-refractivity contribution in [2.75, 3.05) is 33.9 Å². The number of rotatable bonds is 9. The number of benzene rings is 2. The number of β-amino-alcohol motifs (C(OH)–C–C–N with tert-alkyl or cyclic N) is 1. The number of nitrogens with zero attached hydrogens (tertiary/aromatic N) is 1. The van der Waals surface area contributed by atoms with Gasteiger partial charge in [-0.2, -0.15) is 0 Å². The summed E-state index contributed by atoms with van der Waals surface area (Å²) in [7, 11) is 3.17. The first-order chi connectivity index (χ1) is 14.6. The molecule has 1 heterocycles. The average molecular weight is 431 g/mol. The summed E-state index contributed by atoms with van der Waals surface area (Å²) in [5.74, 6) is 1.27. The van der Waals surface area contributed by atoms with Crippen LogP contribution in [0, 0.1) is 0 Å². The highest BCUT2D eigenvalue weighted by atomic mass is 35.5. The summed E-state index contributed by atoms with van der Waals surface area (Å²) in [6.45, 7) is 2.43. The fraction of sp³-hybridized carbons (Fsp3) is 0.348. The summed E-state index contributed by atoms with van der Waals surface area (Å²) in [5, 5.41) is 10.4. The van der Waals surface area contributed by atoms with E-state index in [1.165, 1.54) is 11.1 Å². The van der Waals surface area contributed by atoms with Crippen molar-refractivity contribution >= 4 is 17.7 Å². The van der Waals surface area contributed by atoms with Gasteiger partial charge in [-0.05, 0) is 41.3 Å². The van der Waals surface area contributed by atoms with Gasteiger partial charge in [-0.15, -0.1) is 0 Å². The van der Waals surface area contributed by atoms with Crippen LogP contribution in [0.2, 0.25) is 0 Å². The highest BCUT2D eigenvalue weighted by Crippen LogP contribution is 2.27. The van der Waals surface area contributed by atoms with Crippen molar-refractivity contribution in [3.8, 4) is 11.5 Å². The number of aliphatic hydroxyl groups excluding tert-OH is 1. The minimum atomic E-state index is -0.623. The first-order valence-corrected chi connectivity index (χ1v) is 10.2. The molecular formula is C23H27ClN2O4. The third-order valence-corrected chi connectivity index (χ3v) is 5.08. The van der Waals surface area contributed by atoms with E-state index in [1.54, 1.807) is 26.4 Å². The Balaban J connectivity index is 1.45. The summed E-state index contributed by atoms with van der Waals surface area (Å²) in [4.78, 5) is 7.54. The van der Waals surface area contributed by atoms with Crippen LogP contribution in [-0.2, 0) is 17.8 Å². The van der Waals surface area contributed by atoms with Gasteiger partial charge >= 0.3 is 0 Å². The zero-order chi connectivity index (χ0) is 21.3. The molecule has 0 fully saturated rings. The molecule has 2 N–H and O–H groups in total. The van der Waals surface area contributed by atoms with Crippen LogP contribution in [0.5, 0.6) is 11.5 Å². The fourth-order valence-electron chi connectivity index (χ4n) is 3.38. The maximum absolute atomic E-state index is 10.3. The van der Waals surface area contributed by atoms with Gasteiger partial charge in [0.05, 0.1) is 20.3 Å². The van der Waals surface area contributed by atoms with Gasteiger partial charge in [0.15, 0.2) is 16.7 Å². The second kappa shape index (κ2) is 11.1. The van der Waals surface area contributed by atoms with Crippen LogP contribution in [0.1, 0.15) is 16.7 Å². The van der Waals surface area contributed by atoms with E-state index in [4.69, 9.17) is 25.9 Å². The first kappa shape index (κ1) is 22.2. The Morgan fingerprint density at radius 1 is 1.20 bits per heavy atom. The lowest BCUT2D eigenvalue weighted by atomic mass is 10.00. The van der Waals surface area contributed by atoms with E-state index < -0.39 is 6.10 Å². The molecule has 0 saturated heterocycles. The minimum Gasteiger partial charge on any atom is -0.493 e. The molecule has 3 rings (SSSR count). The zero-order valence-corrected chi connectivity index (χ0v) is 18.0. The van der Waals surface area contributed by atoms with Crippen molar-refractivity contribution in [2.45, 2.75) is 19.1 Å². The van der Waals surface area contributed by atoms with Crippen molar-refractivity contribution in [3.63, 3.8) is 0 Å². The SMILES string of the molecule is COc1ccc(C=C=C(Cl)NOCC(O)CN2CCc3ccccc3C2)cc1OC. The van der Waals surface area contributed by atoms with Crippen molar-refractivity contribution < 1.29 is 19.4 Å². The summed E-state index contributed by atoms with van der Waals surface area (Å²) >= 11 is 6.08. The second-order valence-electron chi connectivity index (χ2n) is 7.04. The number of aliphatic hydroxyl groups is 1. The molecule has 7 heteroatoms. The summed E-state index contributed by atoms with van der Waals surface area (Å²) in [5.41, 5.74) is 9.03. The first-order valence-electron chi connectivity index (χ1n) is 9.78. The zero-order valence-electron chi connectivity index (χ0n) is 17.2. The van der Waals surface area contributed by atoms with E-state index in [1.807, 2.05) is 12.1 Å². The van der Waals surface area contributed by atoms with Gasteiger partial charge in [0.2, 0.25) is 0 Å².